The molecule has 0 fully saturated rings. The van der Waals surface area contributed by atoms with Gasteiger partial charge >= 0.3 is 29.6 Å². The first-order valence-electron chi connectivity index (χ1n) is 4.91. The fourth-order valence-electron chi connectivity index (χ4n) is 1.52. The van der Waals surface area contributed by atoms with E-state index in [0.717, 1.165) is 12.1 Å². The van der Waals surface area contributed by atoms with Crippen molar-refractivity contribution in [2.24, 2.45) is 0 Å². The second-order valence-electron chi connectivity index (χ2n) is 3.63. The first kappa shape index (κ1) is 16.3. The van der Waals surface area contributed by atoms with Gasteiger partial charge in [-0.2, -0.15) is 8.42 Å². The number of halogens is 2. The fraction of sp³-hybridized carbons (Fsp3) is 0. The summed E-state index contributed by atoms with van der Waals surface area (Å²) in [6.45, 7) is 0. The van der Waals surface area contributed by atoms with Crippen LogP contribution in [0.1, 0.15) is 0 Å². The molecule has 2 rings (SSSR count). The molecule has 19 heavy (non-hydrogen) atoms. The zero-order valence-electron chi connectivity index (χ0n) is 8.97. The normalized spacial score (nSPS) is 10.9. The van der Waals surface area contributed by atoms with E-state index in [1.165, 1.54) is 30.3 Å². The molecule has 1 N–H and O–H groups in total. The van der Waals surface area contributed by atoms with Gasteiger partial charge in [-0.1, -0.05) is 18.2 Å². The van der Waals surface area contributed by atoms with Gasteiger partial charge in [-0.15, -0.1) is 0 Å². The van der Waals surface area contributed by atoms with Crippen molar-refractivity contribution in [2.45, 2.75) is 4.90 Å². The Balaban J connectivity index is 0.00000180. The van der Waals surface area contributed by atoms with E-state index in [-0.39, 0.29) is 29.6 Å². The molecule has 0 spiro atoms. The van der Waals surface area contributed by atoms with Gasteiger partial charge in [-0.05, 0) is 35.4 Å². The van der Waals surface area contributed by atoms with E-state index in [1.807, 2.05) is 0 Å². The molecule has 2 aromatic rings. The maximum absolute atomic E-state index is 13.2. The molecule has 0 radical (unpaired) electrons. The van der Waals surface area contributed by atoms with Crippen LogP contribution in [-0.2, 0) is 10.1 Å². The summed E-state index contributed by atoms with van der Waals surface area (Å²) in [7, 11) is -4.62. The van der Waals surface area contributed by atoms with Crippen LogP contribution in [0, 0.1) is 11.6 Å². The van der Waals surface area contributed by atoms with Gasteiger partial charge in [0.25, 0.3) is 10.1 Å². The van der Waals surface area contributed by atoms with Gasteiger partial charge < -0.3 is 0 Å². The molecule has 0 aliphatic rings. The molecule has 0 bridgehead atoms. The Bertz CT molecular complexity index is 685. The van der Waals surface area contributed by atoms with Crippen molar-refractivity contribution in [3.63, 3.8) is 0 Å². The average Bonchev–Trinajstić information content (AvgIpc) is 2.29. The van der Waals surface area contributed by atoms with Crippen LogP contribution in [0.2, 0.25) is 0 Å². The minimum atomic E-state index is -4.62. The Hall–Kier alpha value is -0.790. The summed E-state index contributed by atoms with van der Waals surface area (Å²) in [4.78, 5) is -0.802. The SMILES string of the molecule is O=S(=O)(O)c1cc(-c2ccc(F)cc2)ccc1F.[NaH]. The van der Waals surface area contributed by atoms with Crippen LogP contribution in [0.25, 0.3) is 11.1 Å². The second kappa shape index (κ2) is 6.11. The molecule has 0 aliphatic carbocycles. The third-order valence-electron chi connectivity index (χ3n) is 2.39. The van der Waals surface area contributed by atoms with Crippen LogP contribution in [0.3, 0.4) is 0 Å². The van der Waals surface area contributed by atoms with Gasteiger partial charge in [-0.3, -0.25) is 4.55 Å². The summed E-state index contributed by atoms with van der Waals surface area (Å²) in [6.07, 6.45) is 0. The first-order chi connectivity index (χ1) is 8.38. The van der Waals surface area contributed by atoms with Crippen molar-refractivity contribution in [1.29, 1.82) is 0 Å². The standard InChI is InChI=1S/C12H8F2O3S.Na.H/c13-10-4-1-8(2-5-10)9-3-6-11(14)12(7-9)18(15,16)17;;/h1-7H,(H,15,16,17);;. The van der Waals surface area contributed by atoms with E-state index in [9.17, 15) is 17.2 Å². The van der Waals surface area contributed by atoms with Crippen LogP contribution in [0.5, 0.6) is 0 Å². The van der Waals surface area contributed by atoms with Crippen molar-refractivity contribution in [1.82, 2.24) is 0 Å². The van der Waals surface area contributed by atoms with Crippen molar-refractivity contribution in [3.05, 3.63) is 54.1 Å². The van der Waals surface area contributed by atoms with Crippen LogP contribution in [0.4, 0.5) is 8.78 Å². The maximum atomic E-state index is 13.2. The van der Waals surface area contributed by atoms with E-state index >= 15 is 0 Å². The molecule has 0 atom stereocenters. The van der Waals surface area contributed by atoms with Gasteiger partial charge in [-0.25, -0.2) is 8.78 Å². The van der Waals surface area contributed by atoms with Crippen LogP contribution in [0.15, 0.2) is 47.4 Å². The number of benzene rings is 2. The minimum absolute atomic E-state index is 0. The molecule has 0 aromatic heterocycles. The van der Waals surface area contributed by atoms with Gasteiger partial charge in [0.15, 0.2) is 0 Å². The van der Waals surface area contributed by atoms with E-state index in [0.29, 0.717) is 11.1 Å². The van der Waals surface area contributed by atoms with Gasteiger partial charge in [0, 0.05) is 0 Å². The Morgan fingerprint density at radius 2 is 1.42 bits per heavy atom. The van der Waals surface area contributed by atoms with Gasteiger partial charge in [0.05, 0.1) is 0 Å². The zero-order chi connectivity index (χ0) is 13.3. The first-order valence-corrected chi connectivity index (χ1v) is 6.35. The summed E-state index contributed by atoms with van der Waals surface area (Å²) in [5.74, 6) is -1.47. The van der Waals surface area contributed by atoms with Crippen LogP contribution >= 0.6 is 0 Å². The Morgan fingerprint density at radius 3 is 1.95 bits per heavy atom. The fourth-order valence-corrected chi connectivity index (χ4v) is 2.11. The molecule has 0 aliphatic heterocycles. The molecule has 0 saturated heterocycles. The Morgan fingerprint density at radius 1 is 0.895 bits per heavy atom. The summed E-state index contributed by atoms with van der Waals surface area (Å²) in [6, 6.07) is 8.53. The second-order valence-corrected chi connectivity index (χ2v) is 5.02. The number of hydrogen-bond donors (Lipinski definition) is 1. The zero-order valence-corrected chi connectivity index (χ0v) is 9.79. The van der Waals surface area contributed by atoms with Crippen molar-refractivity contribution in [2.75, 3.05) is 0 Å². The Labute approximate surface area is 131 Å². The van der Waals surface area contributed by atoms with E-state index in [1.54, 1.807) is 0 Å². The third kappa shape index (κ3) is 3.84. The van der Waals surface area contributed by atoms with Gasteiger partial charge in [0.1, 0.15) is 16.5 Å². The summed E-state index contributed by atoms with van der Waals surface area (Å²) < 4.78 is 56.7. The molecule has 7 heteroatoms. The Kier molecular flexibility index (Phi) is 5.23. The molecule has 96 valence electrons. The molecule has 3 nitrogen and oxygen atoms in total. The summed E-state index contributed by atoms with van der Waals surface area (Å²) >= 11 is 0. The van der Waals surface area contributed by atoms with Crippen LogP contribution < -0.4 is 0 Å². The molecule has 0 amide bonds. The quantitative estimate of drug-likeness (QED) is 0.682. The predicted molar refractivity (Wildman–Crippen MR) is 68.8 cm³/mol. The van der Waals surface area contributed by atoms with E-state index in [4.69, 9.17) is 4.55 Å². The van der Waals surface area contributed by atoms with E-state index in [2.05, 4.69) is 0 Å². The monoisotopic (exact) mass is 294 g/mol. The summed E-state index contributed by atoms with van der Waals surface area (Å²) in [5.41, 5.74) is 0.880. The van der Waals surface area contributed by atoms with Crippen molar-refractivity contribution >= 4 is 39.7 Å². The molecular weight excluding hydrogens is 285 g/mol. The predicted octanol–water partition coefficient (Wildman–Crippen LogP) is 2.23. The van der Waals surface area contributed by atoms with Crippen LogP contribution in [-0.4, -0.2) is 42.5 Å². The molecule has 0 unspecified atom stereocenters. The van der Waals surface area contributed by atoms with Gasteiger partial charge in [0.2, 0.25) is 0 Å². The molecule has 2 aromatic carbocycles. The molecule has 0 heterocycles. The van der Waals surface area contributed by atoms with E-state index < -0.39 is 26.6 Å². The third-order valence-corrected chi connectivity index (χ3v) is 3.26. The topological polar surface area (TPSA) is 54.4 Å². The van der Waals surface area contributed by atoms with Crippen molar-refractivity contribution in [3.8, 4) is 11.1 Å². The number of rotatable bonds is 2. The average molecular weight is 294 g/mol. The van der Waals surface area contributed by atoms with Crippen molar-refractivity contribution < 1.29 is 21.8 Å². The number of hydrogen-bond acceptors (Lipinski definition) is 2. The summed E-state index contributed by atoms with van der Waals surface area (Å²) in [5, 5.41) is 0. The molecular formula is C12H9F2NaO3S. The molecule has 0 saturated carbocycles.